The Bertz CT molecular complexity index is 740. The molecule has 3 nitrogen and oxygen atoms in total. The Balaban J connectivity index is 1.64. The van der Waals surface area contributed by atoms with E-state index in [9.17, 15) is 5.11 Å². The highest BCUT2D eigenvalue weighted by Crippen LogP contribution is 2.43. The number of benzene rings is 2. The van der Waals surface area contributed by atoms with Crippen molar-refractivity contribution in [2.45, 2.75) is 29.2 Å². The van der Waals surface area contributed by atoms with Crippen LogP contribution in [0.3, 0.4) is 0 Å². The van der Waals surface area contributed by atoms with Crippen LogP contribution < -0.4 is 0 Å². The number of piperazine rings is 1. The summed E-state index contributed by atoms with van der Waals surface area (Å²) in [6.07, 6.45) is 1.08. The molecule has 2 aromatic rings. The van der Waals surface area contributed by atoms with E-state index >= 15 is 0 Å². The number of fused-ring (bicyclic) bond motifs is 2. The highest BCUT2D eigenvalue weighted by molar-refractivity contribution is 7.99. The van der Waals surface area contributed by atoms with Gasteiger partial charge in [-0.1, -0.05) is 47.7 Å². The maximum Gasteiger partial charge on any atom is 0.0558 e. The van der Waals surface area contributed by atoms with Gasteiger partial charge in [-0.25, -0.2) is 0 Å². The number of β-amino-alcohol motifs (C(OH)–C–C–N with tert-alkyl or cyclic N) is 1. The maximum atomic E-state index is 9.18. The third-order valence-electron chi connectivity index (χ3n) is 5.39. The third-order valence-corrected chi connectivity index (χ3v) is 6.60. The maximum absolute atomic E-state index is 9.18. The second kappa shape index (κ2) is 7.50. The predicted molar refractivity (Wildman–Crippen MR) is 103 cm³/mol. The lowest BCUT2D eigenvalue weighted by Crippen LogP contribution is -2.48. The molecule has 132 valence electrons. The van der Waals surface area contributed by atoms with Gasteiger partial charge in [-0.3, -0.25) is 9.80 Å². The lowest BCUT2D eigenvalue weighted by Gasteiger charge is -2.39. The Kier molecular flexibility index (Phi) is 5.13. The van der Waals surface area contributed by atoms with E-state index in [2.05, 4.69) is 59.2 Å². The molecule has 4 rings (SSSR count). The summed E-state index contributed by atoms with van der Waals surface area (Å²) >= 11 is 1.92. The highest BCUT2D eigenvalue weighted by atomic mass is 32.2. The molecule has 1 atom stereocenters. The van der Waals surface area contributed by atoms with Crippen molar-refractivity contribution in [2.24, 2.45) is 0 Å². The summed E-state index contributed by atoms with van der Waals surface area (Å²) in [4.78, 5) is 7.81. The summed E-state index contributed by atoms with van der Waals surface area (Å²) in [7, 11) is 0. The molecule has 0 spiro atoms. The first-order valence-corrected chi connectivity index (χ1v) is 10.00. The molecule has 1 N–H and O–H groups in total. The van der Waals surface area contributed by atoms with Crippen molar-refractivity contribution in [3.8, 4) is 0 Å². The minimum atomic E-state index is 0.259. The fraction of sp³-hybridized carbons (Fsp3) is 0.429. The zero-order valence-electron chi connectivity index (χ0n) is 14.8. The van der Waals surface area contributed by atoms with Crippen molar-refractivity contribution in [3.63, 3.8) is 0 Å². The molecule has 2 aliphatic rings. The lowest BCUT2D eigenvalue weighted by atomic mass is 9.96. The lowest BCUT2D eigenvalue weighted by molar-refractivity contribution is 0.0823. The van der Waals surface area contributed by atoms with E-state index in [4.69, 9.17) is 0 Å². The first-order valence-electron chi connectivity index (χ1n) is 9.18. The normalized spacial score (nSPS) is 21.4. The third kappa shape index (κ3) is 3.63. The summed E-state index contributed by atoms with van der Waals surface area (Å²) in [5, 5.41) is 9.18. The Labute approximate surface area is 154 Å². The van der Waals surface area contributed by atoms with E-state index in [1.54, 1.807) is 0 Å². The van der Waals surface area contributed by atoms with E-state index in [0.29, 0.717) is 6.04 Å². The van der Waals surface area contributed by atoms with Gasteiger partial charge in [-0.15, -0.1) is 0 Å². The minimum absolute atomic E-state index is 0.259. The fourth-order valence-corrected chi connectivity index (χ4v) is 5.13. The molecule has 0 bridgehead atoms. The number of nitrogens with zero attached hydrogens (tertiary/aromatic N) is 2. The van der Waals surface area contributed by atoms with Gasteiger partial charge in [0, 0.05) is 48.6 Å². The number of aliphatic hydroxyl groups is 1. The van der Waals surface area contributed by atoms with E-state index < -0.39 is 0 Å². The summed E-state index contributed by atoms with van der Waals surface area (Å²) < 4.78 is 0. The van der Waals surface area contributed by atoms with Crippen molar-refractivity contribution < 1.29 is 5.11 Å². The van der Waals surface area contributed by atoms with Crippen LogP contribution in [-0.2, 0) is 6.42 Å². The monoisotopic (exact) mass is 354 g/mol. The largest absolute Gasteiger partial charge is 0.395 e. The van der Waals surface area contributed by atoms with Crippen LogP contribution >= 0.6 is 11.8 Å². The average Bonchev–Trinajstić information content (AvgIpc) is 2.79. The van der Waals surface area contributed by atoms with Gasteiger partial charge >= 0.3 is 0 Å². The molecule has 4 heteroatoms. The Hall–Kier alpha value is -1.33. The molecule has 25 heavy (non-hydrogen) atoms. The molecular weight excluding hydrogens is 328 g/mol. The second-order valence-electron chi connectivity index (χ2n) is 7.07. The molecular formula is C21H26N2OS. The summed E-state index contributed by atoms with van der Waals surface area (Å²) in [5.74, 6) is 0. The van der Waals surface area contributed by atoms with Crippen LogP contribution in [0, 0.1) is 6.92 Å². The van der Waals surface area contributed by atoms with E-state index in [-0.39, 0.29) is 6.61 Å². The Morgan fingerprint density at radius 3 is 2.64 bits per heavy atom. The predicted octanol–water partition coefficient (Wildman–Crippen LogP) is 3.35. The molecule has 1 unspecified atom stereocenters. The van der Waals surface area contributed by atoms with Gasteiger partial charge < -0.3 is 5.11 Å². The van der Waals surface area contributed by atoms with Crippen molar-refractivity contribution in [1.29, 1.82) is 0 Å². The molecule has 2 heterocycles. The topological polar surface area (TPSA) is 26.7 Å². The van der Waals surface area contributed by atoms with Crippen molar-refractivity contribution in [2.75, 3.05) is 39.3 Å². The molecule has 0 saturated carbocycles. The van der Waals surface area contributed by atoms with E-state index in [0.717, 1.165) is 39.1 Å². The van der Waals surface area contributed by atoms with Crippen LogP contribution in [0.4, 0.5) is 0 Å². The number of aryl methyl sites for hydroxylation is 1. The van der Waals surface area contributed by atoms with Crippen LogP contribution in [-0.4, -0.2) is 54.2 Å². The van der Waals surface area contributed by atoms with Gasteiger partial charge in [0.2, 0.25) is 0 Å². The number of aliphatic hydroxyl groups excluding tert-OH is 1. The molecule has 1 fully saturated rings. The minimum Gasteiger partial charge on any atom is -0.395 e. The van der Waals surface area contributed by atoms with Crippen LogP contribution in [0.25, 0.3) is 0 Å². The molecule has 0 amide bonds. The van der Waals surface area contributed by atoms with Gasteiger partial charge in [-0.05, 0) is 36.6 Å². The summed E-state index contributed by atoms with van der Waals surface area (Å²) in [6.45, 7) is 7.49. The SMILES string of the molecule is Cc1ccc2c(c1)CC(N1CCN(CCO)CC1)c1ccccc1S2. The zero-order valence-corrected chi connectivity index (χ0v) is 15.6. The number of hydrogen-bond donors (Lipinski definition) is 1. The Morgan fingerprint density at radius 1 is 1.04 bits per heavy atom. The molecule has 0 aromatic heterocycles. The molecule has 2 aliphatic heterocycles. The smallest absolute Gasteiger partial charge is 0.0558 e. The molecule has 1 saturated heterocycles. The summed E-state index contributed by atoms with van der Waals surface area (Å²) in [5.41, 5.74) is 4.29. The van der Waals surface area contributed by atoms with Gasteiger partial charge in [0.05, 0.1) is 6.61 Å². The van der Waals surface area contributed by atoms with E-state index in [1.165, 1.54) is 26.5 Å². The van der Waals surface area contributed by atoms with Gasteiger partial charge in [0.1, 0.15) is 0 Å². The first kappa shape index (κ1) is 17.1. The standard InChI is InChI=1S/C21H26N2OS/c1-16-6-7-20-17(14-16)15-19(18-4-2-3-5-21(18)25-20)23-10-8-22(9-11-23)12-13-24/h2-7,14,19,24H,8-13,15H2,1H3. The van der Waals surface area contributed by atoms with Crippen molar-refractivity contribution in [3.05, 3.63) is 59.2 Å². The molecule has 0 aliphatic carbocycles. The second-order valence-corrected chi connectivity index (χ2v) is 8.16. The van der Waals surface area contributed by atoms with E-state index in [1.807, 2.05) is 11.8 Å². The van der Waals surface area contributed by atoms with Crippen molar-refractivity contribution >= 4 is 11.8 Å². The molecule has 2 aromatic carbocycles. The van der Waals surface area contributed by atoms with Gasteiger partial charge in [0.15, 0.2) is 0 Å². The number of rotatable bonds is 3. The zero-order chi connectivity index (χ0) is 17.2. The van der Waals surface area contributed by atoms with Gasteiger partial charge in [-0.2, -0.15) is 0 Å². The van der Waals surface area contributed by atoms with Crippen LogP contribution in [0.15, 0.2) is 52.3 Å². The van der Waals surface area contributed by atoms with Crippen LogP contribution in [0.2, 0.25) is 0 Å². The quantitative estimate of drug-likeness (QED) is 0.914. The molecule has 0 radical (unpaired) electrons. The number of hydrogen-bond acceptors (Lipinski definition) is 4. The first-order chi connectivity index (χ1) is 12.2. The van der Waals surface area contributed by atoms with Gasteiger partial charge in [0.25, 0.3) is 0 Å². The van der Waals surface area contributed by atoms with Crippen molar-refractivity contribution in [1.82, 2.24) is 9.80 Å². The average molecular weight is 355 g/mol. The summed E-state index contributed by atoms with van der Waals surface area (Å²) in [6, 6.07) is 16.2. The van der Waals surface area contributed by atoms with Crippen LogP contribution in [0.5, 0.6) is 0 Å². The van der Waals surface area contributed by atoms with Crippen LogP contribution in [0.1, 0.15) is 22.7 Å². The highest BCUT2D eigenvalue weighted by Gasteiger charge is 2.29. The Morgan fingerprint density at radius 2 is 1.84 bits per heavy atom. The fourth-order valence-electron chi connectivity index (χ4n) is 4.02.